The van der Waals surface area contributed by atoms with Crippen molar-refractivity contribution < 1.29 is 13.2 Å². The van der Waals surface area contributed by atoms with Gasteiger partial charge in [-0.25, -0.2) is 0 Å². The fourth-order valence-electron chi connectivity index (χ4n) is 1.55. The summed E-state index contributed by atoms with van der Waals surface area (Å²) in [7, 11) is 0. The lowest BCUT2D eigenvalue weighted by atomic mass is 10.1. The molecule has 0 fully saturated rings. The van der Waals surface area contributed by atoms with Gasteiger partial charge in [0.15, 0.2) is 0 Å². The van der Waals surface area contributed by atoms with E-state index in [-0.39, 0.29) is 5.69 Å². The quantitative estimate of drug-likeness (QED) is 0.734. The molecule has 0 radical (unpaired) electrons. The molecule has 1 aliphatic heterocycles. The minimum atomic E-state index is -4.28. The van der Waals surface area contributed by atoms with E-state index in [2.05, 4.69) is 5.32 Å². The second-order valence-electron chi connectivity index (χ2n) is 3.49. The summed E-state index contributed by atoms with van der Waals surface area (Å²) < 4.78 is 37.9. The van der Waals surface area contributed by atoms with Gasteiger partial charge in [0.1, 0.15) is 0 Å². The first-order chi connectivity index (χ1) is 6.98. The highest BCUT2D eigenvalue weighted by molar-refractivity contribution is 8.00. The highest BCUT2D eigenvalue weighted by atomic mass is 32.2. The SMILES string of the molecule is CC1CNc2c(cccc2C(F)(F)F)S1. The number of para-hydroxylation sites is 1. The number of nitrogens with one attached hydrogen (secondary N) is 1. The van der Waals surface area contributed by atoms with E-state index in [1.165, 1.54) is 17.8 Å². The lowest BCUT2D eigenvalue weighted by Gasteiger charge is -2.25. The zero-order chi connectivity index (χ0) is 11.1. The first kappa shape index (κ1) is 10.7. The van der Waals surface area contributed by atoms with Crippen molar-refractivity contribution in [3.8, 4) is 0 Å². The number of hydrogen-bond donors (Lipinski definition) is 1. The molecule has 1 heterocycles. The number of hydrogen-bond acceptors (Lipinski definition) is 2. The number of benzene rings is 1. The standard InChI is InChI=1S/C10H10F3NS/c1-6-5-14-9-7(10(11,12)13)3-2-4-8(9)15-6/h2-4,6,14H,5H2,1H3. The minimum absolute atomic E-state index is 0.230. The zero-order valence-corrected chi connectivity index (χ0v) is 8.88. The molecule has 1 aromatic carbocycles. The van der Waals surface area contributed by atoms with E-state index >= 15 is 0 Å². The molecular formula is C10H10F3NS. The number of alkyl halides is 3. The van der Waals surface area contributed by atoms with Crippen LogP contribution in [0.15, 0.2) is 23.1 Å². The summed E-state index contributed by atoms with van der Waals surface area (Å²) in [4.78, 5) is 0.684. The van der Waals surface area contributed by atoms with Crippen molar-refractivity contribution in [1.82, 2.24) is 0 Å². The average Bonchev–Trinajstić information content (AvgIpc) is 2.15. The topological polar surface area (TPSA) is 12.0 Å². The molecule has 0 saturated heterocycles. The van der Waals surface area contributed by atoms with Crippen molar-refractivity contribution >= 4 is 17.4 Å². The molecule has 15 heavy (non-hydrogen) atoms. The van der Waals surface area contributed by atoms with Crippen molar-refractivity contribution in [3.63, 3.8) is 0 Å². The van der Waals surface area contributed by atoms with Gasteiger partial charge >= 0.3 is 6.18 Å². The minimum Gasteiger partial charge on any atom is -0.383 e. The van der Waals surface area contributed by atoms with Crippen molar-refractivity contribution in [3.05, 3.63) is 23.8 Å². The van der Waals surface area contributed by atoms with Gasteiger partial charge in [0.2, 0.25) is 0 Å². The monoisotopic (exact) mass is 233 g/mol. The predicted molar refractivity (Wildman–Crippen MR) is 55.3 cm³/mol. The first-order valence-corrected chi connectivity index (χ1v) is 5.47. The number of rotatable bonds is 0. The molecule has 82 valence electrons. The average molecular weight is 233 g/mol. The second kappa shape index (κ2) is 3.63. The molecule has 1 nitrogen and oxygen atoms in total. The predicted octanol–water partition coefficient (Wildman–Crippen LogP) is 3.61. The van der Waals surface area contributed by atoms with Gasteiger partial charge < -0.3 is 5.32 Å². The van der Waals surface area contributed by atoms with E-state index in [4.69, 9.17) is 0 Å². The lowest BCUT2D eigenvalue weighted by Crippen LogP contribution is -2.21. The molecule has 0 saturated carbocycles. The summed E-state index contributed by atoms with van der Waals surface area (Å²) in [6.45, 7) is 2.56. The van der Waals surface area contributed by atoms with Crippen LogP contribution in [0.4, 0.5) is 18.9 Å². The Kier molecular flexibility index (Phi) is 2.58. The third kappa shape index (κ3) is 2.07. The normalized spacial score (nSPS) is 20.7. The Labute approximate surface area is 90.1 Å². The van der Waals surface area contributed by atoms with Crippen molar-refractivity contribution in [1.29, 1.82) is 0 Å². The third-order valence-electron chi connectivity index (χ3n) is 2.23. The Morgan fingerprint density at radius 2 is 2.13 bits per heavy atom. The van der Waals surface area contributed by atoms with Crippen LogP contribution in [0.25, 0.3) is 0 Å². The third-order valence-corrected chi connectivity index (χ3v) is 3.39. The van der Waals surface area contributed by atoms with Crippen LogP contribution in [0.1, 0.15) is 12.5 Å². The highest BCUT2D eigenvalue weighted by Gasteiger charge is 2.35. The Bertz CT molecular complexity index is 375. The van der Waals surface area contributed by atoms with Crippen LogP contribution < -0.4 is 5.32 Å². The summed E-state index contributed by atoms with van der Waals surface area (Å²) in [5, 5.41) is 3.15. The molecule has 0 bridgehead atoms. The van der Waals surface area contributed by atoms with Gasteiger partial charge in [0.05, 0.1) is 11.3 Å². The molecule has 2 rings (SSSR count). The Balaban J connectivity index is 2.47. The van der Waals surface area contributed by atoms with Crippen molar-refractivity contribution in [2.75, 3.05) is 11.9 Å². The number of fused-ring (bicyclic) bond motifs is 1. The Hall–Kier alpha value is -0.840. The van der Waals surface area contributed by atoms with E-state index in [9.17, 15) is 13.2 Å². The molecule has 1 aliphatic rings. The van der Waals surface area contributed by atoms with Gasteiger partial charge in [-0.15, -0.1) is 11.8 Å². The van der Waals surface area contributed by atoms with Gasteiger partial charge in [-0.1, -0.05) is 13.0 Å². The van der Waals surface area contributed by atoms with Gasteiger partial charge in [0, 0.05) is 16.7 Å². The number of anilines is 1. The Morgan fingerprint density at radius 3 is 2.80 bits per heavy atom. The summed E-state index contributed by atoms with van der Waals surface area (Å²) in [5.41, 5.74) is -0.340. The largest absolute Gasteiger partial charge is 0.418 e. The summed E-state index contributed by atoms with van der Waals surface area (Å²) in [6.07, 6.45) is -4.28. The van der Waals surface area contributed by atoms with E-state index < -0.39 is 11.7 Å². The molecule has 5 heteroatoms. The summed E-state index contributed by atoms with van der Waals surface area (Å²) in [5.74, 6) is 0. The first-order valence-electron chi connectivity index (χ1n) is 4.59. The molecule has 1 atom stereocenters. The maximum atomic E-state index is 12.6. The second-order valence-corrected chi connectivity index (χ2v) is 4.97. The van der Waals surface area contributed by atoms with Gasteiger partial charge in [-0.3, -0.25) is 0 Å². The van der Waals surface area contributed by atoms with Gasteiger partial charge in [0.25, 0.3) is 0 Å². The highest BCUT2D eigenvalue weighted by Crippen LogP contribution is 2.43. The van der Waals surface area contributed by atoms with Crippen LogP contribution in [0.5, 0.6) is 0 Å². The van der Waals surface area contributed by atoms with E-state index in [0.29, 0.717) is 16.7 Å². The smallest absolute Gasteiger partial charge is 0.383 e. The molecule has 1 aromatic rings. The summed E-state index contributed by atoms with van der Waals surface area (Å²) in [6, 6.07) is 4.29. The maximum absolute atomic E-state index is 12.6. The number of thioether (sulfide) groups is 1. The van der Waals surface area contributed by atoms with Crippen LogP contribution in [0, 0.1) is 0 Å². The molecule has 0 aromatic heterocycles. The fourth-order valence-corrected chi connectivity index (χ4v) is 2.61. The van der Waals surface area contributed by atoms with Crippen molar-refractivity contribution in [2.24, 2.45) is 0 Å². The zero-order valence-electron chi connectivity index (χ0n) is 8.06. The molecule has 0 aliphatic carbocycles. The van der Waals surface area contributed by atoms with Crippen LogP contribution in [-0.2, 0) is 6.18 Å². The van der Waals surface area contributed by atoms with Crippen LogP contribution in [-0.4, -0.2) is 11.8 Å². The Morgan fingerprint density at radius 1 is 1.40 bits per heavy atom. The van der Waals surface area contributed by atoms with E-state index in [1.54, 1.807) is 6.07 Å². The molecule has 1 N–H and O–H groups in total. The van der Waals surface area contributed by atoms with E-state index in [0.717, 1.165) is 6.07 Å². The lowest BCUT2D eigenvalue weighted by molar-refractivity contribution is -0.137. The molecule has 0 spiro atoms. The molecular weight excluding hydrogens is 223 g/mol. The molecule has 0 amide bonds. The van der Waals surface area contributed by atoms with Crippen LogP contribution >= 0.6 is 11.8 Å². The van der Waals surface area contributed by atoms with Crippen LogP contribution in [0.3, 0.4) is 0 Å². The van der Waals surface area contributed by atoms with E-state index in [1.807, 2.05) is 6.92 Å². The summed E-state index contributed by atoms with van der Waals surface area (Å²) >= 11 is 1.48. The maximum Gasteiger partial charge on any atom is 0.418 e. The number of halogens is 3. The van der Waals surface area contributed by atoms with Gasteiger partial charge in [-0.2, -0.15) is 13.2 Å². The molecule has 1 unspecified atom stereocenters. The van der Waals surface area contributed by atoms with Crippen molar-refractivity contribution in [2.45, 2.75) is 23.2 Å². The van der Waals surface area contributed by atoms with Crippen LogP contribution in [0.2, 0.25) is 0 Å². The fraction of sp³-hybridized carbons (Fsp3) is 0.400. The van der Waals surface area contributed by atoms with Gasteiger partial charge in [-0.05, 0) is 12.1 Å².